The molecule has 0 unspecified atom stereocenters. The van der Waals surface area contributed by atoms with Crippen molar-refractivity contribution < 1.29 is 4.42 Å². The summed E-state index contributed by atoms with van der Waals surface area (Å²) in [7, 11) is 0. The molecule has 40 heavy (non-hydrogen) atoms. The lowest BCUT2D eigenvalue weighted by molar-refractivity contribution is 0.669. The van der Waals surface area contributed by atoms with Gasteiger partial charge in [0.1, 0.15) is 11.2 Å². The van der Waals surface area contributed by atoms with Gasteiger partial charge in [0, 0.05) is 27.8 Å². The molecule has 1 heterocycles. The number of furan rings is 1. The van der Waals surface area contributed by atoms with Gasteiger partial charge in [-0.3, -0.25) is 0 Å². The Hall–Kier alpha value is -5.34. The van der Waals surface area contributed by atoms with E-state index in [4.69, 9.17) is 4.42 Å². The van der Waals surface area contributed by atoms with Crippen LogP contribution in [-0.2, 0) is 0 Å². The van der Waals surface area contributed by atoms with Gasteiger partial charge in [0.25, 0.3) is 0 Å². The van der Waals surface area contributed by atoms with E-state index in [-0.39, 0.29) is 0 Å². The van der Waals surface area contributed by atoms with Crippen LogP contribution in [0.4, 0.5) is 17.1 Å². The fourth-order valence-corrected chi connectivity index (χ4v) is 5.87. The molecule has 0 amide bonds. The summed E-state index contributed by atoms with van der Waals surface area (Å²) in [6.07, 6.45) is 0. The molecular weight excluding hydrogens is 486 g/mol. The van der Waals surface area contributed by atoms with Gasteiger partial charge >= 0.3 is 0 Å². The van der Waals surface area contributed by atoms with Gasteiger partial charge < -0.3 is 9.32 Å². The van der Waals surface area contributed by atoms with Gasteiger partial charge in [-0.2, -0.15) is 0 Å². The molecule has 8 aromatic rings. The lowest BCUT2D eigenvalue weighted by Crippen LogP contribution is -2.09. The number of benzene rings is 7. The summed E-state index contributed by atoms with van der Waals surface area (Å²) in [4.78, 5) is 2.34. The number of hydrogen-bond donors (Lipinski definition) is 0. The molecule has 0 fully saturated rings. The summed E-state index contributed by atoms with van der Waals surface area (Å²) in [6, 6.07) is 53.8. The van der Waals surface area contributed by atoms with E-state index in [1.165, 1.54) is 32.7 Å². The summed E-state index contributed by atoms with van der Waals surface area (Å²) >= 11 is 0. The fourth-order valence-electron chi connectivity index (χ4n) is 5.87. The van der Waals surface area contributed by atoms with Crippen LogP contribution in [0.15, 0.2) is 156 Å². The van der Waals surface area contributed by atoms with Crippen molar-refractivity contribution in [2.45, 2.75) is 0 Å². The van der Waals surface area contributed by atoms with E-state index in [1.807, 2.05) is 0 Å². The molecule has 1 aromatic heterocycles. The molecule has 0 aliphatic carbocycles. The lowest BCUT2D eigenvalue weighted by atomic mass is 10.0. The van der Waals surface area contributed by atoms with Crippen molar-refractivity contribution in [2.24, 2.45) is 0 Å². The van der Waals surface area contributed by atoms with Gasteiger partial charge in [-0.25, -0.2) is 0 Å². The predicted octanol–water partition coefficient (Wildman–Crippen LogP) is 11.0. The number of rotatable bonds is 4. The largest absolute Gasteiger partial charge is 0.456 e. The average molecular weight is 512 g/mol. The Bertz CT molecular complexity index is 2160. The van der Waals surface area contributed by atoms with Crippen molar-refractivity contribution in [3.8, 4) is 11.1 Å². The normalized spacial score (nSPS) is 11.5. The van der Waals surface area contributed by atoms with Crippen LogP contribution in [0.5, 0.6) is 0 Å². The molecule has 188 valence electrons. The number of fused-ring (bicyclic) bond motifs is 6. The molecule has 0 aliphatic heterocycles. The van der Waals surface area contributed by atoms with Gasteiger partial charge in [-0.15, -0.1) is 0 Å². The van der Waals surface area contributed by atoms with Gasteiger partial charge in [-0.05, 0) is 81.2 Å². The van der Waals surface area contributed by atoms with Crippen molar-refractivity contribution in [2.75, 3.05) is 4.90 Å². The first-order chi connectivity index (χ1) is 19.8. The minimum Gasteiger partial charge on any atom is -0.456 e. The standard InChI is InChI=1S/C38H25NO/c1-2-8-26(9-3-1)28-14-18-31(19-15-28)39(32-20-16-27-10-4-5-12-30(27)24-32)33-21-23-36-35(25-33)38-34-13-7-6-11-29(34)17-22-37(38)40-36/h1-25H. The second-order valence-electron chi connectivity index (χ2n) is 10.2. The van der Waals surface area contributed by atoms with Crippen molar-refractivity contribution in [3.05, 3.63) is 152 Å². The van der Waals surface area contributed by atoms with Gasteiger partial charge in [-0.1, -0.05) is 103 Å². The molecular formula is C38H25NO. The molecule has 8 rings (SSSR count). The Kier molecular flexibility index (Phi) is 5.17. The molecule has 0 saturated carbocycles. The van der Waals surface area contributed by atoms with Crippen LogP contribution in [-0.4, -0.2) is 0 Å². The van der Waals surface area contributed by atoms with Crippen LogP contribution in [0.25, 0.3) is 54.6 Å². The monoisotopic (exact) mass is 511 g/mol. The molecule has 0 radical (unpaired) electrons. The zero-order valence-corrected chi connectivity index (χ0v) is 21.8. The van der Waals surface area contributed by atoms with Crippen molar-refractivity contribution >= 4 is 60.5 Å². The Morgan fingerprint density at radius 3 is 1.82 bits per heavy atom. The van der Waals surface area contributed by atoms with Crippen LogP contribution in [0.1, 0.15) is 0 Å². The Labute approximate surface area is 232 Å². The molecule has 0 saturated heterocycles. The first kappa shape index (κ1) is 22.6. The molecule has 0 aliphatic rings. The van der Waals surface area contributed by atoms with Gasteiger partial charge in [0.2, 0.25) is 0 Å². The molecule has 0 atom stereocenters. The zero-order chi connectivity index (χ0) is 26.5. The molecule has 2 nitrogen and oxygen atoms in total. The summed E-state index contributed by atoms with van der Waals surface area (Å²) in [6.45, 7) is 0. The first-order valence-corrected chi connectivity index (χ1v) is 13.6. The van der Waals surface area contributed by atoms with E-state index >= 15 is 0 Å². The number of hydrogen-bond acceptors (Lipinski definition) is 2. The minimum atomic E-state index is 0.896. The maximum atomic E-state index is 6.31. The minimum absolute atomic E-state index is 0.896. The molecule has 0 N–H and O–H groups in total. The maximum Gasteiger partial charge on any atom is 0.136 e. The summed E-state index contributed by atoms with van der Waals surface area (Å²) < 4.78 is 6.31. The highest BCUT2D eigenvalue weighted by Gasteiger charge is 2.17. The van der Waals surface area contributed by atoms with Crippen molar-refractivity contribution in [1.82, 2.24) is 0 Å². The molecule has 2 heteroatoms. The third-order valence-electron chi connectivity index (χ3n) is 7.83. The quantitative estimate of drug-likeness (QED) is 0.234. The summed E-state index contributed by atoms with van der Waals surface area (Å²) in [5.41, 5.74) is 7.53. The van der Waals surface area contributed by atoms with E-state index < -0.39 is 0 Å². The summed E-state index contributed by atoms with van der Waals surface area (Å²) in [5.74, 6) is 0. The summed E-state index contributed by atoms with van der Waals surface area (Å²) in [5, 5.41) is 7.15. The highest BCUT2D eigenvalue weighted by molar-refractivity contribution is 6.19. The van der Waals surface area contributed by atoms with E-state index in [1.54, 1.807) is 0 Å². The molecule has 7 aromatic carbocycles. The topological polar surface area (TPSA) is 16.4 Å². The predicted molar refractivity (Wildman–Crippen MR) is 169 cm³/mol. The molecule has 0 bridgehead atoms. The Morgan fingerprint density at radius 1 is 0.375 bits per heavy atom. The number of anilines is 3. The SMILES string of the molecule is c1ccc(-c2ccc(N(c3ccc4ccccc4c3)c3ccc4oc5ccc6ccccc6c5c4c3)cc2)cc1. The van der Waals surface area contributed by atoms with Crippen LogP contribution >= 0.6 is 0 Å². The third kappa shape index (κ3) is 3.73. The van der Waals surface area contributed by atoms with Crippen molar-refractivity contribution in [3.63, 3.8) is 0 Å². The zero-order valence-electron chi connectivity index (χ0n) is 21.8. The second-order valence-corrected chi connectivity index (χ2v) is 10.2. The van der Waals surface area contributed by atoms with Crippen LogP contribution in [0.2, 0.25) is 0 Å². The lowest BCUT2D eigenvalue weighted by Gasteiger charge is -2.26. The molecule has 0 spiro atoms. The smallest absolute Gasteiger partial charge is 0.136 e. The van der Waals surface area contributed by atoms with Crippen molar-refractivity contribution in [1.29, 1.82) is 0 Å². The Balaban J connectivity index is 1.34. The van der Waals surface area contributed by atoms with E-state index in [0.717, 1.165) is 39.0 Å². The van der Waals surface area contributed by atoms with E-state index in [0.29, 0.717) is 0 Å². The van der Waals surface area contributed by atoms with Gasteiger partial charge in [0.15, 0.2) is 0 Å². The second kappa shape index (κ2) is 9.14. The van der Waals surface area contributed by atoms with E-state index in [9.17, 15) is 0 Å². The Morgan fingerprint density at radius 2 is 0.975 bits per heavy atom. The van der Waals surface area contributed by atoms with E-state index in [2.05, 4.69) is 157 Å². The van der Waals surface area contributed by atoms with Crippen LogP contribution < -0.4 is 4.90 Å². The maximum absolute atomic E-state index is 6.31. The van der Waals surface area contributed by atoms with Gasteiger partial charge in [0.05, 0.1) is 0 Å². The fraction of sp³-hybridized carbons (Fsp3) is 0. The first-order valence-electron chi connectivity index (χ1n) is 13.6. The van der Waals surface area contributed by atoms with Crippen LogP contribution in [0, 0.1) is 0 Å². The van der Waals surface area contributed by atoms with Crippen LogP contribution in [0.3, 0.4) is 0 Å². The number of nitrogens with zero attached hydrogens (tertiary/aromatic N) is 1. The highest BCUT2D eigenvalue weighted by atomic mass is 16.3. The third-order valence-corrected chi connectivity index (χ3v) is 7.83. The highest BCUT2D eigenvalue weighted by Crippen LogP contribution is 2.41. The average Bonchev–Trinajstić information content (AvgIpc) is 3.41.